The maximum Gasteiger partial charge on any atom is 0.322 e. The molecule has 150 valence electrons. The summed E-state index contributed by atoms with van der Waals surface area (Å²) in [4.78, 5) is 27.7. The van der Waals surface area contributed by atoms with Gasteiger partial charge in [0.05, 0.1) is 12.2 Å². The van der Waals surface area contributed by atoms with Crippen LogP contribution in [0.4, 0.5) is 19.3 Å². The van der Waals surface area contributed by atoms with E-state index in [1.165, 1.54) is 6.92 Å². The van der Waals surface area contributed by atoms with Crippen molar-refractivity contribution in [2.45, 2.75) is 39.3 Å². The van der Waals surface area contributed by atoms with E-state index in [-0.39, 0.29) is 24.2 Å². The number of amides is 3. The first kappa shape index (κ1) is 19.9. The Bertz CT molecular complexity index is 860. The summed E-state index contributed by atoms with van der Waals surface area (Å²) in [5.74, 6) is -0.0353. The highest BCUT2D eigenvalue weighted by Gasteiger charge is 2.30. The highest BCUT2D eigenvalue weighted by atomic mass is 19.1. The number of urea groups is 1. The first-order chi connectivity index (χ1) is 13.3. The topological polar surface area (TPSA) is 65.8 Å². The van der Waals surface area contributed by atoms with Crippen molar-refractivity contribution in [3.63, 3.8) is 0 Å². The lowest BCUT2D eigenvalue weighted by atomic mass is 10.0. The van der Waals surface area contributed by atoms with E-state index >= 15 is 0 Å². The first-order valence-corrected chi connectivity index (χ1v) is 9.17. The maximum atomic E-state index is 13.9. The van der Waals surface area contributed by atoms with Gasteiger partial charge in [0.1, 0.15) is 23.2 Å². The van der Waals surface area contributed by atoms with Crippen molar-refractivity contribution in [3.8, 4) is 0 Å². The molecule has 3 amide bonds. The fourth-order valence-electron chi connectivity index (χ4n) is 3.38. The number of carbonyl (C=O) groups is 2. The zero-order valence-corrected chi connectivity index (χ0v) is 15.9. The van der Waals surface area contributed by atoms with Crippen LogP contribution in [0.2, 0.25) is 0 Å². The lowest BCUT2D eigenvalue weighted by Gasteiger charge is -2.38. The molecule has 0 atom stereocenters. The molecular weight excluding hydrogens is 368 g/mol. The number of carbonyl (C=O) groups excluding carboxylic acids is 2. The molecule has 1 aliphatic heterocycles. The number of anilines is 1. The average Bonchev–Trinajstić information content (AvgIpc) is 3.07. The Morgan fingerprint density at radius 1 is 1.21 bits per heavy atom. The molecule has 1 aliphatic rings. The number of furan rings is 1. The molecule has 2 heterocycles. The number of aryl methyl sites for hydroxylation is 1. The molecule has 1 aromatic carbocycles. The largest absolute Gasteiger partial charge is 0.464 e. The molecule has 1 aromatic heterocycles. The van der Waals surface area contributed by atoms with E-state index < -0.39 is 17.7 Å². The smallest absolute Gasteiger partial charge is 0.322 e. The molecule has 28 heavy (non-hydrogen) atoms. The van der Waals surface area contributed by atoms with Crippen LogP contribution in [-0.4, -0.2) is 40.9 Å². The summed E-state index contributed by atoms with van der Waals surface area (Å²) in [6.45, 7) is 4.59. The molecule has 3 rings (SSSR count). The Hall–Kier alpha value is -2.90. The number of nitrogens with zero attached hydrogens (tertiary/aromatic N) is 2. The molecule has 0 bridgehead atoms. The Kier molecular flexibility index (Phi) is 5.96. The van der Waals surface area contributed by atoms with Gasteiger partial charge >= 0.3 is 6.03 Å². The second-order valence-corrected chi connectivity index (χ2v) is 6.93. The third-order valence-electron chi connectivity index (χ3n) is 4.90. The second-order valence-electron chi connectivity index (χ2n) is 6.93. The van der Waals surface area contributed by atoms with Gasteiger partial charge in [-0.3, -0.25) is 4.79 Å². The number of nitrogens with one attached hydrogen (secondary N) is 1. The summed E-state index contributed by atoms with van der Waals surface area (Å²) < 4.78 is 33.0. The van der Waals surface area contributed by atoms with Crippen LogP contribution in [0.1, 0.15) is 31.3 Å². The van der Waals surface area contributed by atoms with Crippen LogP contribution in [-0.2, 0) is 11.3 Å². The van der Waals surface area contributed by atoms with Gasteiger partial charge in [-0.05, 0) is 44.0 Å². The van der Waals surface area contributed by atoms with Gasteiger partial charge < -0.3 is 19.5 Å². The number of hydrogen-bond donors (Lipinski definition) is 1. The van der Waals surface area contributed by atoms with Gasteiger partial charge in [0.2, 0.25) is 5.91 Å². The number of hydrogen-bond acceptors (Lipinski definition) is 3. The van der Waals surface area contributed by atoms with Crippen LogP contribution in [0.5, 0.6) is 0 Å². The van der Waals surface area contributed by atoms with E-state index in [0.29, 0.717) is 31.7 Å². The average molecular weight is 391 g/mol. The van der Waals surface area contributed by atoms with Gasteiger partial charge in [0.15, 0.2) is 0 Å². The standard InChI is InChI=1S/C20H23F2N3O3/c1-13-3-5-17(28-13)12-25(16-7-9-24(10-8-16)14(2)26)20(27)23-19-11-15(21)4-6-18(19)22/h3-6,11,16H,7-10,12H2,1-2H3,(H,23,27). The van der Waals surface area contributed by atoms with Crippen molar-refractivity contribution < 1.29 is 22.8 Å². The van der Waals surface area contributed by atoms with Crippen molar-refractivity contribution in [3.05, 3.63) is 53.5 Å². The fourth-order valence-corrected chi connectivity index (χ4v) is 3.38. The Labute approximate surface area is 162 Å². The predicted octanol–water partition coefficient (Wildman–Crippen LogP) is 3.91. The SMILES string of the molecule is CC(=O)N1CCC(N(Cc2ccc(C)o2)C(=O)Nc2cc(F)ccc2F)CC1. The van der Waals surface area contributed by atoms with Gasteiger partial charge in [-0.25, -0.2) is 13.6 Å². The van der Waals surface area contributed by atoms with Crippen LogP contribution in [0.25, 0.3) is 0 Å². The lowest BCUT2D eigenvalue weighted by Crippen LogP contribution is -2.49. The van der Waals surface area contributed by atoms with Crippen LogP contribution in [0.3, 0.4) is 0 Å². The van der Waals surface area contributed by atoms with E-state index in [0.717, 1.165) is 24.0 Å². The van der Waals surface area contributed by atoms with E-state index in [2.05, 4.69) is 5.32 Å². The molecule has 0 saturated carbocycles. The van der Waals surface area contributed by atoms with E-state index in [9.17, 15) is 18.4 Å². The molecule has 6 nitrogen and oxygen atoms in total. The minimum Gasteiger partial charge on any atom is -0.464 e. The highest BCUT2D eigenvalue weighted by molar-refractivity contribution is 5.89. The molecule has 1 fully saturated rings. The third-order valence-corrected chi connectivity index (χ3v) is 4.90. The van der Waals surface area contributed by atoms with Crippen molar-refractivity contribution in [2.24, 2.45) is 0 Å². The summed E-state index contributed by atoms with van der Waals surface area (Å²) in [5, 5.41) is 2.46. The normalized spacial score (nSPS) is 14.8. The molecule has 0 unspecified atom stereocenters. The van der Waals surface area contributed by atoms with Gasteiger partial charge in [0, 0.05) is 32.1 Å². The zero-order valence-electron chi connectivity index (χ0n) is 15.9. The first-order valence-electron chi connectivity index (χ1n) is 9.17. The molecule has 2 aromatic rings. The minimum absolute atomic E-state index is 0.00190. The highest BCUT2D eigenvalue weighted by Crippen LogP contribution is 2.23. The number of halogens is 2. The summed E-state index contributed by atoms with van der Waals surface area (Å²) in [7, 11) is 0. The maximum absolute atomic E-state index is 13.9. The number of rotatable bonds is 4. The van der Waals surface area contributed by atoms with Gasteiger partial charge in [-0.2, -0.15) is 0 Å². The fraction of sp³-hybridized carbons (Fsp3) is 0.400. The van der Waals surface area contributed by atoms with E-state index in [4.69, 9.17) is 4.42 Å². The zero-order chi connectivity index (χ0) is 20.3. The summed E-state index contributed by atoms with van der Waals surface area (Å²) in [6, 6.07) is 5.79. The summed E-state index contributed by atoms with van der Waals surface area (Å²) in [6.07, 6.45) is 1.19. The van der Waals surface area contributed by atoms with Gasteiger partial charge in [0.25, 0.3) is 0 Å². The Morgan fingerprint density at radius 2 is 1.93 bits per heavy atom. The van der Waals surface area contributed by atoms with Crippen LogP contribution in [0.15, 0.2) is 34.7 Å². The molecule has 0 spiro atoms. The second kappa shape index (κ2) is 8.41. The molecule has 8 heteroatoms. The molecule has 1 N–H and O–H groups in total. The summed E-state index contributed by atoms with van der Waals surface area (Å²) >= 11 is 0. The molecular formula is C20H23F2N3O3. The van der Waals surface area contributed by atoms with E-state index in [1.807, 2.05) is 0 Å². The predicted molar refractivity (Wildman–Crippen MR) is 99.6 cm³/mol. The monoisotopic (exact) mass is 391 g/mol. The van der Waals surface area contributed by atoms with Gasteiger partial charge in [-0.15, -0.1) is 0 Å². The van der Waals surface area contributed by atoms with Crippen molar-refractivity contribution in [1.82, 2.24) is 9.80 Å². The molecule has 0 radical (unpaired) electrons. The Balaban J connectivity index is 1.78. The van der Waals surface area contributed by atoms with E-state index in [1.54, 1.807) is 28.9 Å². The number of piperidine rings is 1. The van der Waals surface area contributed by atoms with Crippen LogP contribution in [0, 0.1) is 18.6 Å². The summed E-state index contributed by atoms with van der Waals surface area (Å²) in [5.41, 5.74) is -0.216. The van der Waals surface area contributed by atoms with Crippen molar-refractivity contribution in [1.29, 1.82) is 0 Å². The van der Waals surface area contributed by atoms with Crippen LogP contribution < -0.4 is 5.32 Å². The number of benzene rings is 1. The molecule has 1 saturated heterocycles. The van der Waals surface area contributed by atoms with Crippen molar-refractivity contribution in [2.75, 3.05) is 18.4 Å². The van der Waals surface area contributed by atoms with Gasteiger partial charge in [-0.1, -0.05) is 0 Å². The quantitative estimate of drug-likeness (QED) is 0.859. The Morgan fingerprint density at radius 3 is 2.54 bits per heavy atom. The molecule has 0 aliphatic carbocycles. The lowest BCUT2D eigenvalue weighted by molar-refractivity contribution is -0.130. The van der Waals surface area contributed by atoms with Crippen molar-refractivity contribution >= 4 is 17.6 Å². The number of likely N-dealkylation sites (tertiary alicyclic amines) is 1. The third kappa shape index (κ3) is 4.68. The minimum atomic E-state index is -0.713. The van der Waals surface area contributed by atoms with Crippen LogP contribution >= 0.6 is 0 Å².